The van der Waals surface area contributed by atoms with Crippen molar-refractivity contribution in [2.45, 2.75) is 59.2 Å². The monoisotopic (exact) mass is 318 g/mol. The number of rotatable bonds is 5. The lowest BCUT2D eigenvalue weighted by atomic mass is 9.56. The van der Waals surface area contributed by atoms with E-state index in [2.05, 4.69) is 56.3 Å². The van der Waals surface area contributed by atoms with E-state index in [4.69, 9.17) is 9.73 Å². The van der Waals surface area contributed by atoms with E-state index in [1.165, 1.54) is 5.56 Å². The molecule has 5 nitrogen and oxygen atoms in total. The predicted octanol–water partition coefficient (Wildman–Crippen LogP) is 2.65. The Morgan fingerprint density at radius 3 is 2.74 bits per heavy atom. The zero-order chi connectivity index (χ0) is 17.1. The van der Waals surface area contributed by atoms with Crippen molar-refractivity contribution >= 4 is 5.96 Å². The highest BCUT2D eigenvalue weighted by Gasteiger charge is 2.58. The van der Waals surface area contributed by atoms with Crippen molar-refractivity contribution in [3.05, 3.63) is 29.6 Å². The van der Waals surface area contributed by atoms with Gasteiger partial charge in [-0.05, 0) is 38.8 Å². The molecule has 1 aromatic heterocycles. The van der Waals surface area contributed by atoms with Gasteiger partial charge < -0.3 is 15.4 Å². The van der Waals surface area contributed by atoms with Gasteiger partial charge in [0.1, 0.15) is 0 Å². The number of aromatic nitrogens is 1. The lowest BCUT2D eigenvalue weighted by Crippen LogP contribution is -2.69. The van der Waals surface area contributed by atoms with Gasteiger partial charge in [0.25, 0.3) is 0 Å². The molecule has 1 heterocycles. The number of guanidine groups is 1. The molecule has 2 atom stereocenters. The maximum atomic E-state index is 5.70. The van der Waals surface area contributed by atoms with Gasteiger partial charge in [-0.1, -0.05) is 19.9 Å². The fourth-order valence-corrected chi connectivity index (χ4v) is 3.05. The van der Waals surface area contributed by atoms with Gasteiger partial charge in [-0.3, -0.25) is 4.98 Å². The molecule has 0 spiro atoms. The second-order valence-electron chi connectivity index (χ2n) is 7.02. The maximum absolute atomic E-state index is 5.70. The van der Waals surface area contributed by atoms with E-state index in [-0.39, 0.29) is 11.0 Å². The van der Waals surface area contributed by atoms with E-state index in [1.54, 1.807) is 7.11 Å². The largest absolute Gasteiger partial charge is 0.378 e. The number of nitrogens with zero attached hydrogens (tertiary/aromatic N) is 2. The molecule has 128 valence electrons. The van der Waals surface area contributed by atoms with E-state index < -0.39 is 0 Å². The lowest BCUT2D eigenvalue weighted by Gasteiger charge is -2.59. The molecule has 0 aromatic carbocycles. The van der Waals surface area contributed by atoms with Crippen LogP contribution in [0.3, 0.4) is 0 Å². The smallest absolute Gasteiger partial charge is 0.191 e. The number of hydrogen-bond donors (Lipinski definition) is 2. The van der Waals surface area contributed by atoms with Gasteiger partial charge in [-0.25, -0.2) is 4.99 Å². The minimum Gasteiger partial charge on any atom is -0.378 e. The molecule has 0 aliphatic heterocycles. The summed E-state index contributed by atoms with van der Waals surface area (Å²) >= 11 is 0. The summed E-state index contributed by atoms with van der Waals surface area (Å²) < 4.78 is 5.70. The first kappa shape index (κ1) is 17.7. The highest BCUT2D eigenvalue weighted by molar-refractivity contribution is 5.80. The standard InChI is InChI=1S/C18H30N4O/c1-7-19-16(21-12-14-13(2)9-8-10-20-14)22-15-11-18(5,23-6)17(15,3)4/h8-10,15H,7,11-12H2,1-6H3,(H2,19,21,22). The summed E-state index contributed by atoms with van der Waals surface area (Å²) in [6.07, 6.45) is 2.79. The van der Waals surface area contributed by atoms with Crippen molar-refractivity contribution in [3.8, 4) is 0 Å². The second-order valence-corrected chi connectivity index (χ2v) is 7.02. The first-order valence-electron chi connectivity index (χ1n) is 8.34. The van der Waals surface area contributed by atoms with Gasteiger partial charge in [-0.2, -0.15) is 0 Å². The van der Waals surface area contributed by atoms with Crippen molar-refractivity contribution in [2.24, 2.45) is 10.4 Å². The Kier molecular flexibility index (Phi) is 5.30. The maximum Gasteiger partial charge on any atom is 0.191 e. The Morgan fingerprint density at radius 1 is 1.43 bits per heavy atom. The van der Waals surface area contributed by atoms with Gasteiger partial charge in [0.2, 0.25) is 0 Å². The summed E-state index contributed by atoms with van der Waals surface area (Å²) in [5, 5.41) is 6.88. The van der Waals surface area contributed by atoms with Gasteiger partial charge in [0.05, 0.1) is 17.8 Å². The number of methoxy groups -OCH3 is 1. The molecule has 5 heteroatoms. The fraction of sp³-hybridized carbons (Fsp3) is 0.667. The van der Waals surface area contributed by atoms with Crippen LogP contribution in [-0.2, 0) is 11.3 Å². The zero-order valence-corrected chi connectivity index (χ0v) is 15.2. The Morgan fingerprint density at radius 2 is 2.17 bits per heavy atom. The Labute approximate surface area is 139 Å². The van der Waals surface area contributed by atoms with Crippen molar-refractivity contribution in [1.29, 1.82) is 0 Å². The van der Waals surface area contributed by atoms with Crippen LogP contribution in [0.4, 0.5) is 0 Å². The van der Waals surface area contributed by atoms with E-state index in [0.29, 0.717) is 12.6 Å². The Balaban J connectivity index is 2.05. The van der Waals surface area contributed by atoms with Crippen LogP contribution in [0.25, 0.3) is 0 Å². The van der Waals surface area contributed by atoms with E-state index >= 15 is 0 Å². The molecule has 2 rings (SSSR count). The molecule has 1 aliphatic rings. The van der Waals surface area contributed by atoms with Gasteiger partial charge in [0.15, 0.2) is 5.96 Å². The van der Waals surface area contributed by atoms with Crippen molar-refractivity contribution in [1.82, 2.24) is 15.6 Å². The minimum atomic E-state index is -0.0838. The van der Waals surface area contributed by atoms with Crippen LogP contribution in [0.15, 0.2) is 23.3 Å². The highest BCUT2D eigenvalue weighted by atomic mass is 16.5. The number of hydrogen-bond acceptors (Lipinski definition) is 3. The molecule has 1 aromatic rings. The molecule has 1 saturated carbocycles. The van der Waals surface area contributed by atoms with Gasteiger partial charge in [0, 0.05) is 31.3 Å². The second kappa shape index (κ2) is 6.87. The fourth-order valence-electron chi connectivity index (χ4n) is 3.05. The number of pyridine rings is 1. The molecule has 2 N–H and O–H groups in total. The summed E-state index contributed by atoms with van der Waals surface area (Å²) in [5.41, 5.74) is 2.15. The highest BCUT2D eigenvalue weighted by Crippen LogP contribution is 2.51. The molecular weight excluding hydrogens is 288 g/mol. The van der Waals surface area contributed by atoms with Crippen LogP contribution >= 0.6 is 0 Å². The first-order chi connectivity index (χ1) is 10.8. The third-order valence-corrected chi connectivity index (χ3v) is 5.44. The Bertz CT molecular complexity index is 570. The normalized spacial score (nSPS) is 26.5. The molecule has 0 bridgehead atoms. The summed E-state index contributed by atoms with van der Waals surface area (Å²) in [6, 6.07) is 4.36. The van der Waals surface area contributed by atoms with Crippen LogP contribution in [0, 0.1) is 12.3 Å². The summed E-state index contributed by atoms with van der Waals surface area (Å²) in [6.45, 7) is 12.2. The Hall–Kier alpha value is -1.62. The average molecular weight is 318 g/mol. The van der Waals surface area contributed by atoms with Gasteiger partial charge in [-0.15, -0.1) is 0 Å². The van der Waals surface area contributed by atoms with Crippen LogP contribution in [0.5, 0.6) is 0 Å². The zero-order valence-electron chi connectivity index (χ0n) is 15.2. The van der Waals surface area contributed by atoms with Crippen LogP contribution in [0.2, 0.25) is 0 Å². The number of nitrogens with one attached hydrogen (secondary N) is 2. The third kappa shape index (κ3) is 3.50. The quantitative estimate of drug-likeness (QED) is 0.647. The number of aliphatic imine (C=N–C) groups is 1. The van der Waals surface area contributed by atoms with Crippen molar-refractivity contribution in [3.63, 3.8) is 0 Å². The summed E-state index contributed by atoms with van der Waals surface area (Å²) in [7, 11) is 1.79. The molecule has 0 radical (unpaired) electrons. The first-order valence-corrected chi connectivity index (χ1v) is 8.34. The predicted molar refractivity (Wildman–Crippen MR) is 94.5 cm³/mol. The number of aryl methyl sites for hydroxylation is 1. The molecule has 0 saturated heterocycles. The van der Waals surface area contributed by atoms with Crippen LogP contribution < -0.4 is 10.6 Å². The van der Waals surface area contributed by atoms with Crippen LogP contribution in [-0.4, -0.2) is 36.2 Å². The average Bonchev–Trinajstić information content (AvgIpc) is 2.53. The SMILES string of the molecule is CCNC(=NCc1ncccc1C)NC1CC(C)(OC)C1(C)C. The molecule has 2 unspecified atom stereocenters. The molecule has 0 amide bonds. The molecule has 23 heavy (non-hydrogen) atoms. The lowest BCUT2D eigenvalue weighted by molar-refractivity contribution is -0.176. The number of ether oxygens (including phenoxy) is 1. The van der Waals surface area contributed by atoms with Crippen LogP contribution in [0.1, 0.15) is 45.4 Å². The minimum absolute atomic E-state index is 0.0544. The van der Waals surface area contributed by atoms with Crippen molar-refractivity contribution in [2.75, 3.05) is 13.7 Å². The van der Waals surface area contributed by atoms with E-state index in [1.807, 2.05) is 12.3 Å². The van der Waals surface area contributed by atoms with Crippen molar-refractivity contribution < 1.29 is 4.74 Å². The molecule has 1 fully saturated rings. The van der Waals surface area contributed by atoms with Gasteiger partial charge >= 0.3 is 0 Å². The molecular formula is C18H30N4O. The topological polar surface area (TPSA) is 58.5 Å². The van der Waals surface area contributed by atoms with E-state index in [9.17, 15) is 0 Å². The summed E-state index contributed by atoms with van der Waals surface area (Å²) in [5.74, 6) is 0.841. The third-order valence-electron chi connectivity index (χ3n) is 5.44. The van der Waals surface area contributed by atoms with E-state index in [0.717, 1.165) is 24.6 Å². The summed E-state index contributed by atoms with van der Waals surface area (Å²) in [4.78, 5) is 9.10. The molecule has 1 aliphatic carbocycles.